The summed E-state index contributed by atoms with van der Waals surface area (Å²) in [5, 5.41) is 11.2. The first kappa shape index (κ1) is 18.3. The van der Waals surface area contributed by atoms with Crippen LogP contribution in [0.1, 0.15) is 5.56 Å². The normalized spacial score (nSPS) is 14.0. The highest BCUT2D eigenvalue weighted by Crippen LogP contribution is 2.25. The molecule has 1 rings (SSSR count). The lowest BCUT2D eigenvalue weighted by Crippen LogP contribution is -2.22. The molecule has 0 bridgehead atoms. The average molecular weight is 380 g/mol. The maximum absolute atomic E-state index is 13.8. The van der Waals surface area contributed by atoms with Crippen molar-refractivity contribution in [3.63, 3.8) is 0 Å². The van der Waals surface area contributed by atoms with Crippen molar-refractivity contribution in [1.82, 2.24) is 0 Å². The Hall–Kier alpha value is -1.71. The van der Waals surface area contributed by atoms with Gasteiger partial charge >= 0.3 is 10.4 Å². The highest BCUT2D eigenvalue weighted by atomic mass is 32.3. The molecule has 0 unspecified atom stereocenters. The van der Waals surface area contributed by atoms with Crippen molar-refractivity contribution in [2.24, 2.45) is 4.40 Å². The van der Waals surface area contributed by atoms with Crippen molar-refractivity contribution in [3.05, 3.63) is 33.7 Å². The fourth-order valence-corrected chi connectivity index (χ4v) is 3.32. The fourth-order valence-electron chi connectivity index (χ4n) is 1.18. The molecule has 0 spiro atoms. The number of hydrogen-bond acceptors (Lipinski definition) is 7. The number of nitrogens with zero attached hydrogens (tertiary/aromatic N) is 2. The summed E-state index contributed by atoms with van der Waals surface area (Å²) >= 11 is 0. The van der Waals surface area contributed by atoms with Gasteiger partial charge in [0.1, 0.15) is 15.8 Å². The lowest BCUT2D eigenvalue weighted by atomic mass is 10.2. The lowest BCUT2D eigenvalue weighted by molar-refractivity contribution is -0.212. The molecule has 0 heterocycles. The topological polar surface area (TPSA) is 152 Å². The second-order valence-electron chi connectivity index (χ2n) is 3.39. The Balaban J connectivity index is 3.52. The summed E-state index contributed by atoms with van der Waals surface area (Å²) in [6.45, 7) is 0. The molecule has 0 atom stereocenters. The Morgan fingerprint density at radius 3 is 2.09 bits per heavy atom. The maximum atomic E-state index is 13.8. The van der Waals surface area contributed by atoms with E-state index in [2.05, 4.69) is 0 Å². The summed E-state index contributed by atoms with van der Waals surface area (Å²) in [6.07, 6.45) is 0. The quantitative estimate of drug-likeness (QED) is 0.376. The predicted octanol–water partition coefficient (Wildman–Crippen LogP) is -0.576. The SMILES string of the molecule is O=S(=O)(F)/N=C(\[O-])c1cccc(S(=O)(=O)[N-]S(=O)(=O)F)c1F. The smallest absolute Gasteiger partial charge is 0.417 e. The molecule has 9 nitrogen and oxygen atoms in total. The van der Waals surface area contributed by atoms with Crippen LogP contribution in [0.4, 0.5) is 12.2 Å². The highest BCUT2D eigenvalue weighted by Gasteiger charge is 2.18. The summed E-state index contributed by atoms with van der Waals surface area (Å²) in [6, 6.07) is 1.62. The first-order chi connectivity index (χ1) is 9.73. The third-order valence-electron chi connectivity index (χ3n) is 1.85. The van der Waals surface area contributed by atoms with Crippen molar-refractivity contribution in [3.8, 4) is 0 Å². The van der Waals surface area contributed by atoms with Gasteiger partial charge < -0.3 is 9.23 Å². The zero-order chi connectivity index (χ0) is 17.3. The van der Waals surface area contributed by atoms with Gasteiger partial charge in [-0.15, -0.1) is 3.89 Å². The number of halogens is 3. The molecule has 1 aromatic rings. The van der Waals surface area contributed by atoms with Crippen LogP contribution in [0.5, 0.6) is 0 Å². The summed E-state index contributed by atoms with van der Waals surface area (Å²) in [5.41, 5.74) is -1.31. The molecule has 0 saturated heterocycles. The predicted molar refractivity (Wildman–Crippen MR) is 63.5 cm³/mol. The van der Waals surface area contributed by atoms with Gasteiger partial charge in [-0.05, 0) is 6.07 Å². The average Bonchev–Trinajstić information content (AvgIpc) is 2.22. The Morgan fingerprint density at radius 1 is 1.09 bits per heavy atom. The van der Waals surface area contributed by atoms with Crippen LogP contribution in [0.25, 0.3) is 4.13 Å². The minimum atomic E-state index is -5.90. The summed E-state index contributed by atoms with van der Waals surface area (Å²) in [5.74, 6) is -3.98. The molecule has 0 amide bonds. The van der Waals surface area contributed by atoms with E-state index in [0.717, 1.165) is 0 Å². The second kappa shape index (κ2) is 5.82. The van der Waals surface area contributed by atoms with Crippen molar-refractivity contribution in [2.75, 3.05) is 0 Å². The van der Waals surface area contributed by atoms with Gasteiger partial charge in [0.15, 0.2) is 0 Å². The first-order valence-corrected chi connectivity index (χ1v) is 8.79. The van der Waals surface area contributed by atoms with Gasteiger partial charge in [-0.25, -0.2) is 21.2 Å². The van der Waals surface area contributed by atoms with E-state index in [0.29, 0.717) is 18.2 Å². The van der Waals surface area contributed by atoms with Crippen LogP contribution in [0.15, 0.2) is 27.5 Å². The van der Waals surface area contributed by atoms with Crippen LogP contribution >= 0.6 is 0 Å². The Bertz CT molecular complexity index is 938. The van der Waals surface area contributed by atoms with Crippen LogP contribution in [0.2, 0.25) is 0 Å². The van der Waals surface area contributed by atoms with Crippen LogP contribution in [0, 0.1) is 5.82 Å². The molecule has 22 heavy (non-hydrogen) atoms. The number of hydrogen-bond donors (Lipinski definition) is 0. The van der Waals surface area contributed by atoms with Crippen molar-refractivity contribution < 1.29 is 42.5 Å². The molecular weight excluding hydrogens is 377 g/mol. The van der Waals surface area contributed by atoms with E-state index in [1.807, 2.05) is 4.40 Å². The zero-order valence-corrected chi connectivity index (χ0v) is 12.3. The van der Waals surface area contributed by atoms with E-state index < -0.39 is 53.0 Å². The van der Waals surface area contributed by atoms with Crippen LogP contribution in [-0.4, -0.2) is 31.2 Å². The molecule has 0 aliphatic carbocycles. The standard InChI is InChI=1S/C7H4F3N2O7S3/c8-6-4(7(13)11-21(9,16)17)2-1-3-5(6)20(14,15)12-22(10,18)19/h1-3H,(H,11,13)/q-1/p-1. The van der Waals surface area contributed by atoms with Gasteiger partial charge in [0.05, 0.1) is 4.90 Å². The molecule has 0 aromatic heterocycles. The van der Waals surface area contributed by atoms with Gasteiger partial charge in [0.25, 0.3) is 0 Å². The molecule has 0 radical (unpaired) electrons. The molecule has 124 valence electrons. The van der Waals surface area contributed by atoms with Crippen molar-refractivity contribution in [1.29, 1.82) is 0 Å². The molecule has 1 aromatic carbocycles. The largest absolute Gasteiger partial charge is 0.857 e. The minimum Gasteiger partial charge on any atom is -0.857 e. The molecule has 0 saturated carbocycles. The van der Waals surface area contributed by atoms with Crippen LogP contribution < -0.4 is 5.11 Å². The Kier molecular flexibility index (Phi) is 4.85. The van der Waals surface area contributed by atoms with Gasteiger partial charge in [-0.2, -0.15) is 12.8 Å². The number of rotatable bonds is 5. The monoisotopic (exact) mass is 380 g/mol. The van der Waals surface area contributed by atoms with E-state index in [4.69, 9.17) is 0 Å². The van der Waals surface area contributed by atoms with E-state index in [1.165, 1.54) is 0 Å². The molecule has 15 heteroatoms. The Labute approximate surface area is 122 Å². The van der Waals surface area contributed by atoms with Crippen molar-refractivity contribution >= 4 is 36.7 Å². The van der Waals surface area contributed by atoms with Crippen molar-refractivity contribution in [2.45, 2.75) is 4.90 Å². The summed E-state index contributed by atoms with van der Waals surface area (Å²) in [7, 11) is -17.0. The highest BCUT2D eigenvalue weighted by molar-refractivity contribution is 8.10. The van der Waals surface area contributed by atoms with E-state index in [1.54, 1.807) is 4.13 Å². The van der Waals surface area contributed by atoms with Gasteiger partial charge in [0.2, 0.25) is 10.4 Å². The third kappa shape index (κ3) is 4.93. The molecule has 0 aliphatic heterocycles. The lowest BCUT2D eigenvalue weighted by Gasteiger charge is -2.18. The van der Waals surface area contributed by atoms with Crippen LogP contribution in [-0.2, 0) is 30.8 Å². The summed E-state index contributed by atoms with van der Waals surface area (Å²) in [4.78, 5) is -1.55. The maximum Gasteiger partial charge on any atom is 0.417 e. The third-order valence-corrected chi connectivity index (χ3v) is 4.60. The van der Waals surface area contributed by atoms with E-state index in [-0.39, 0.29) is 0 Å². The molecular formula is C7H3F3N2O7S3-2. The summed E-state index contributed by atoms with van der Waals surface area (Å²) < 4.78 is 105. The van der Waals surface area contributed by atoms with E-state index in [9.17, 15) is 42.5 Å². The molecule has 0 fully saturated rings. The van der Waals surface area contributed by atoms with Gasteiger partial charge in [0, 0.05) is 11.5 Å². The zero-order valence-electron chi connectivity index (χ0n) is 9.84. The van der Waals surface area contributed by atoms with Gasteiger partial charge in [-0.3, -0.25) is 0 Å². The molecule has 0 N–H and O–H groups in total. The second-order valence-corrected chi connectivity index (χ2v) is 7.21. The number of benzene rings is 1. The number of sulfonamides is 1. The first-order valence-electron chi connectivity index (χ1n) is 4.67. The fraction of sp³-hybridized carbons (Fsp3) is 0. The Morgan fingerprint density at radius 2 is 1.64 bits per heavy atom. The molecule has 0 aliphatic rings. The minimum absolute atomic E-state index is 0.417. The van der Waals surface area contributed by atoms with Gasteiger partial charge in [-0.1, -0.05) is 16.0 Å². The van der Waals surface area contributed by atoms with E-state index >= 15 is 0 Å². The van der Waals surface area contributed by atoms with Crippen LogP contribution in [0.3, 0.4) is 0 Å².